The van der Waals surface area contributed by atoms with Gasteiger partial charge in [-0.05, 0) is 24.7 Å². The van der Waals surface area contributed by atoms with Crippen LogP contribution in [0.15, 0.2) is 0 Å². The molecule has 14 heavy (non-hydrogen) atoms. The highest BCUT2D eigenvalue weighted by Crippen LogP contribution is 2.42. The first kappa shape index (κ1) is 11.5. The molecule has 1 aliphatic carbocycles. The van der Waals surface area contributed by atoms with E-state index < -0.39 is 5.97 Å². The van der Waals surface area contributed by atoms with E-state index in [1.165, 1.54) is 25.7 Å². The lowest BCUT2D eigenvalue weighted by Crippen LogP contribution is -2.41. The van der Waals surface area contributed by atoms with Crippen molar-refractivity contribution in [3.05, 3.63) is 0 Å². The number of hydrogen-bond acceptors (Lipinski definition) is 2. The fourth-order valence-corrected chi connectivity index (χ4v) is 1.97. The van der Waals surface area contributed by atoms with Crippen molar-refractivity contribution in [1.29, 1.82) is 0 Å². The Balaban J connectivity index is 2.17. The first-order valence-corrected chi connectivity index (χ1v) is 5.53. The summed E-state index contributed by atoms with van der Waals surface area (Å²) in [6.07, 6.45) is 5.15. The molecule has 0 aliphatic heterocycles. The molecule has 1 rings (SSSR count). The summed E-state index contributed by atoms with van der Waals surface area (Å²) in [6, 6.07) is 0. The fraction of sp³-hybridized carbons (Fsp3) is 0.909. The normalized spacial score (nSPS) is 21.3. The average Bonchev–Trinajstić information content (AvgIpc) is 2.09. The van der Waals surface area contributed by atoms with E-state index in [0.717, 1.165) is 6.54 Å². The topological polar surface area (TPSA) is 49.3 Å². The van der Waals surface area contributed by atoms with Crippen LogP contribution in [0.2, 0.25) is 0 Å². The molecule has 0 aromatic rings. The van der Waals surface area contributed by atoms with Crippen molar-refractivity contribution in [2.75, 3.05) is 13.1 Å². The zero-order valence-corrected chi connectivity index (χ0v) is 9.18. The van der Waals surface area contributed by atoms with Gasteiger partial charge < -0.3 is 10.4 Å². The molecule has 1 atom stereocenters. The standard InChI is InChI=1S/C11H21NO2/c1-3-11(5-4-6-11)8-12-7-9(2)10(13)14/h9,12H,3-8H2,1-2H3,(H,13,14). The molecule has 0 aromatic carbocycles. The molecule has 0 heterocycles. The minimum atomic E-state index is -0.711. The van der Waals surface area contributed by atoms with Crippen LogP contribution in [0.5, 0.6) is 0 Å². The van der Waals surface area contributed by atoms with Crippen LogP contribution in [0.1, 0.15) is 39.5 Å². The number of carboxylic acids is 1. The van der Waals surface area contributed by atoms with Crippen LogP contribution in [-0.4, -0.2) is 24.2 Å². The summed E-state index contributed by atoms with van der Waals surface area (Å²) in [7, 11) is 0. The molecular formula is C11H21NO2. The van der Waals surface area contributed by atoms with Gasteiger partial charge in [-0.15, -0.1) is 0 Å². The summed E-state index contributed by atoms with van der Waals surface area (Å²) >= 11 is 0. The van der Waals surface area contributed by atoms with Crippen molar-refractivity contribution < 1.29 is 9.90 Å². The molecule has 0 aromatic heterocycles. The number of carbonyl (C=O) groups is 1. The predicted octanol–water partition coefficient (Wildman–Crippen LogP) is 1.88. The number of hydrogen-bond donors (Lipinski definition) is 2. The number of carboxylic acid groups (broad SMARTS) is 1. The summed E-state index contributed by atoms with van der Waals surface area (Å²) in [5.74, 6) is -0.986. The maximum Gasteiger partial charge on any atom is 0.307 e. The minimum Gasteiger partial charge on any atom is -0.481 e. The Bertz CT molecular complexity index is 194. The molecule has 0 amide bonds. The fourth-order valence-electron chi connectivity index (χ4n) is 1.97. The van der Waals surface area contributed by atoms with E-state index >= 15 is 0 Å². The van der Waals surface area contributed by atoms with Crippen molar-refractivity contribution in [3.8, 4) is 0 Å². The van der Waals surface area contributed by atoms with Crippen LogP contribution in [0.3, 0.4) is 0 Å². The summed E-state index contributed by atoms with van der Waals surface area (Å²) in [4.78, 5) is 10.6. The van der Waals surface area contributed by atoms with Gasteiger partial charge in [0.1, 0.15) is 0 Å². The zero-order chi connectivity index (χ0) is 10.6. The maximum atomic E-state index is 10.6. The molecule has 1 unspecified atom stereocenters. The maximum absolute atomic E-state index is 10.6. The van der Waals surface area contributed by atoms with E-state index in [2.05, 4.69) is 12.2 Å². The molecule has 0 bridgehead atoms. The molecule has 82 valence electrons. The smallest absolute Gasteiger partial charge is 0.307 e. The lowest BCUT2D eigenvalue weighted by atomic mass is 9.67. The predicted molar refractivity (Wildman–Crippen MR) is 56.2 cm³/mol. The number of rotatable bonds is 6. The third-order valence-corrected chi connectivity index (χ3v) is 3.54. The highest BCUT2D eigenvalue weighted by molar-refractivity contribution is 5.69. The van der Waals surface area contributed by atoms with Gasteiger partial charge in [-0.3, -0.25) is 4.79 Å². The Labute approximate surface area is 85.9 Å². The second kappa shape index (κ2) is 4.78. The van der Waals surface area contributed by atoms with Gasteiger partial charge in [-0.25, -0.2) is 0 Å². The van der Waals surface area contributed by atoms with E-state index in [1.54, 1.807) is 6.92 Å². The molecular weight excluding hydrogens is 178 g/mol. The largest absolute Gasteiger partial charge is 0.481 e. The first-order chi connectivity index (χ1) is 6.59. The van der Waals surface area contributed by atoms with Gasteiger partial charge in [0.25, 0.3) is 0 Å². The van der Waals surface area contributed by atoms with Gasteiger partial charge in [-0.1, -0.05) is 20.3 Å². The van der Waals surface area contributed by atoms with Crippen LogP contribution >= 0.6 is 0 Å². The Morgan fingerprint density at radius 3 is 2.57 bits per heavy atom. The van der Waals surface area contributed by atoms with Crippen molar-refractivity contribution in [2.45, 2.75) is 39.5 Å². The van der Waals surface area contributed by atoms with Crippen LogP contribution in [-0.2, 0) is 4.79 Å². The van der Waals surface area contributed by atoms with Crippen LogP contribution in [0.25, 0.3) is 0 Å². The van der Waals surface area contributed by atoms with Crippen LogP contribution in [0, 0.1) is 11.3 Å². The molecule has 3 nitrogen and oxygen atoms in total. The average molecular weight is 199 g/mol. The van der Waals surface area contributed by atoms with Crippen molar-refractivity contribution in [2.24, 2.45) is 11.3 Å². The van der Waals surface area contributed by atoms with Gasteiger partial charge in [0.2, 0.25) is 0 Å². The second-order valence-electron chi connectivity index (χ2n) is 4.58. The molecule has 3 heteroatoms. The highest BCUT2D eigenvalue weighted by Gasteiger charge is 2.34. The summed E-state index contributed by atoms with van der Waals surface area (Å²) in [5.41, 5.74) is 0.484. The van der Waals surface area contributed by atoms with E-state index in [0.29, 0.717) is 12.0 Å². The Kier molecular flexibility index (Phi) is 3.93. The monoisotopic (exact) mass is 199 g/mol. The molecule has 2 N–H and O–H groups in total. The van der Waals surface area contributed by atoms with E-state index in [9.17, 15) is 4.79 Å². The van der Waals surface area contributed by atoms with E-state index in [-0.39, 0.29) is 5.92 Å². The van der Waals surface area contributed by atoms with E-state index in [4.69, 9.17) is 5.11 Å². The molecule has 0 spiro atoms. The SMILES string of the molecule is CCC1(CNCC(C)C(=O)O)CCC1. The van der Waals surface area contributed by atoms with Crippen LogP contribution in [0.4, 0.5) is 0 Å². The lowest BCUT2D eigenvalue weighted by Gasteiger charge is -2.41. The molecule has 0 radical (unpaired) electrons. The lowest BCUT2D eigenvalue weighted by molar-refractivity contribution is -0.141. The quantitative estimate of drug-likeness (QED) is 0.686. The molecule has 1 fully saturated rings. The van der Waals surface area contributed by atoms with Gasteiger partial charge in [0, 0.05) is 13.1 Å². The molecule has 1 saturated carbocycles. The van der Waals surface area contributed by atoms with Crippen molar-refractivity contribution in [1.82, 2.24) is 5.32 Å². The van der Waals surface area contributed by atoms with Gasteiger partial charge in [0.05, 0.1) is 5.92 Å². The van der Waals surface area contributed by atoms with Gasteiger partial charge in [-0.2, -0.15) is 0 Å². The van der Waals surface area contributed by atoms with Crippen molar-refractivity contribution >= 4 is 5.97 Å². The first-order valence-electron chi connectivity index (χ1n) is 5.53. The Morgan fingerprint density at radius 2 is 2.21 bits per heavy atom. The third-order valence-electron chi connectivity index (χ3n) is 3.54. The Hall–Kier alpha value is -0.570. The molecule has 1 aliphatic rings. The summed E-state index contributed by atoms with van der Waals surface area (Å²) in [6.45, 7) is 5.55. The molecule has 0 saturated heterocycles. The zero-order valence-electron chi connectivity index (χ0n) is 9.18. The van der Waals surface area contributed by atoms with Crippen LogP contribution < -0.4 is 5.32 Å². The second-order valence-corrected chi connectivity index (χ2v) is 4.58. The van der Waals surface area contributed by atoms with Gasteiger partial charge >= 0.3 is 5.97 Å². The highest BCUT2D eigenvalue weighted by atomic mass is 16.4. The van der Waals surface area contributed by atoms with E-state index in [1.807, 2.05) is 0 Å². The van der Waals surface area contributed by atoms with Gasteiger partial charge in [0.15, 0.2) is 0 Å². The number of nitrogens with one attached hydrogen (secondary N) is 1. The number of aliphatic carboxylic acids is 1. The third kappa shape index (κ3) is 2.71. The minimum absolute atomic E-state index is 0.274. The summed E-state index contributed by atoms with van der Waals surface area (Å²) in [5, 5.41) is 12.0. The summed E-state index contributed by atoms with van der Waals surface area (Å²) < 4.78 is 0. The van der Waals surface area contributed by atoms with Crippen molar-refractivity contribution in [3.63, 3.8) is 0 Å². The Morgan fingerprint density at radius 1 is 1.57 bits per heavy atom.